The van der Waals surface area contributed by atoms with Gasteiger partial charge in [0.15, 0.2) is 12.2 Å². The topological polar surface area (TPSA) is 132 Å². The zero-order valence-electron chi connectivity index (χ0n) is 17.5. The number of carbonyl (C=O) groups excluding carboxylic acids is 5. The SMILES string of the molecule is C=C(C[C@@H](OC(C)=O)[C@H](OC(C)=O)[C@@H](COC(C)=O)OC(C)=O)C(=O)OC(C)C. The molecule has 0 amide bonds. The van der Waals surface area contributed by atoms with Gasteiger partial charge in [-0.15, -0.1) is 0 Å². The van der Waals surface area contributed by atoms with E-state index in [1.807, 2.05) is 0 Å². The van der Waals surface area contributed by atoms with Crippen molar-refractivity contribution in [1.82, 2.24) is 0 Å². The highest BCUT2D eigenvalue weighted by Crippen LogP contribution is 2.21. The maximum atomic E-state index is 12.1. The van der Waals surface area contributed by atoms with Crippen molar-refractivity contribution < 1.29 is 47.7 Å². The Morgan fingerprint density at radius 2 is 1.21 bits per heavy atom. The van der Waals surface area contributed by atoms with E-state index in [1.165, 1.54) is 0 Å². The zero-order valence-corrected chi connectivity index (χ0v) is 17.5. The predicted octanol–water partition coefficient (Wildman–Crippen LogP) is 1.24. The quantitative estimate of drug-likeness (QED) is 0.275. The Morgan fingerprint density at radius 3 is 1.62 bits per heavy atom. The molecule has 0 unspecified atom stereocenters. The van der Waals surface area contributed by atoms with Crippen LogP contribution in [0, 0.1) is 0 Å². The van der Waals surface area contributed by atoms with Crippen LogP contribution < -0.4 is 0 Å². The van der Waals surface area contributed by atoms with Gasteiger partial charge in [0.05, 0.1) is 6.10 Å². The molecule has 0 spiro atoms. The van der Waals surface area contributed by atoms with Gasteiger partial charge < -0.3 is 23.7 Å². The fourth-order valence-corrected chi connectivity index (χ4v) is 2.25. The molecule has 3 atom stereocenters. The summed E-state index contributed by atoms with van der Waals surface area (Å²) in [5, 5.41) is 0. The summed E-state index contributed by atoms with van der Waals surface area (Å²) in [6.45, 7) is 10.9. The molecule has 0 fully saturated rings. The number of hydrogen-bond donors (Lipinski definition) is 0. The minimum atomic E-state index is -1.37. The molecule has 0 heterocycles. The minimum Gasteiger partial charge on any atom is -0.462 e. The highest BCUT2D eigenvalue weighted by atomic mass is 16.6. The van der Waals surface area contributed by atoms with E-state index in [9.17, 15) is 24.0 Å². The standard InChI is InChI=1S/C19H28O10/c1-10(2)26-19(24)11(3)8-16(27-13(5)21)18(29-15(7)23)17(28-14(6)22)9-25-12(4)20/h10,16-18H,3,8-9H2,1-2,4-7H3/t16-,17-,18+/m1/s1. The third-order valence-corrected chi connectivity index (χ3v) is 3.20. The van der Waals surface area contributed by atoms with Crippen LogP contribution >= 0.6 is 0 Å². The maximum absolute atomic E-state index is 12.1. The van der Waals surface area contributed by atoms with Crippen molar-refractivity contribution in [2.75, 3.05) is 6.61 Å². The number of ether oxygens (including phenoxy) is 5. The van der Waals surface area contributed by atoms with Gasteiger partial charge in [0.1, 0.15) is 12.7 Å². The lowest BCUT2D eigenvalue weighted by atomic mass is 10.0. The second kappa shape index (κ2) is 12.5. The minimum absolute atomic E-state index is 0.0591. The molecule has 0 aliphatic heterocycles. The fraction of sp³-hybridized carbons (Fsp3) is 0.632. The molecule has 0 N–H and O–H groups in total. The lowest BCUT2D eigenvalue weighted by Crippen LogP contribution is -2.47. The Morgan fingerprint density at radius 1 is 0.724 bits per heavy atom. The van der Waals surface area contributed by atoms with Crippen LogP contribution in [0.2, 0.25) is 0 Å². The van der Waals surface area contributed by atoms with Crippen molar-refractivity contribution in [2.45, 2.75) is 72.4 Å². The summed E-state index contributed by atoms with van der Waals surface area (Å²) < 4.78 is 25.4. The van der Waals surface area contributed by atoms with Crippen molar-refractivity contribution in [1.29, 1.82) is 0 Å². The third kappa shape index (κ3) is 11.5. The van der Waals surface area contributed by atoms with Gasteiger partial charge in [-0.3, -0.25) is 19.2 Å². The third-order valence-electron chi connectivity index (χ3n) is 3.20. The second-order valence-corrected chi connectivity index (χ2v) is 6.43. The van der Waals surface area contributed by atoms with Gasteiger partial charge in [-0.1, -0.05) is 6.58 Å². The predicted molar refractivity (Wildman–Crippen MR) is 98.3 cm³/mol. The largest absolute Gasteiger partial charge is 0.462 e. The van der Waals surface area contributed by atoms with E-state index < -0.39 is 60.9 Å². The number of hydrogen-bond acceptors (Lipinski definition) is 10. The smallest absolute Gasteiger partial charge is 0.333 e. The zero-order chi connectivity index (χ0) is 22.7. The van der Waals surface area contributed by atoms with Crippen LogP contribution in [-0.4, -0.2) is 60.9 Å². The van der Waals surface area contributed by atoms with Gasteiger partial charge in [0.25, 0.3) is 0 Å². The summed E-state index contributed by atoms with van der Waals surface area (Å²) in [6.07, 6.45) is -4.61. The summed E-state index contributed by atoms with van der Waals surface area (Å²) >= 11 is 0. The van der Waals surface area contributed by atoms with E-state index in [0.29, 0.717) is 0 Å². The molecule has 164 valence electrons. The first kappa shape index (κ1) is 26.1. The molecular formula is C19H28O10. The van der Waals surface area contributed by atoms with Gasteiger partial charge in [0.2, 0.25) is 0 Å². The van der Waals surface area contributed by atoms with Crippen LogP contribution in [0.3, 0.4) is 0 Å². The van der Waals surface area contributed by atoms with Crippen molar-refractivity contribution in [3.05, 3.63) is 12.2 Å². The first-order valence-corrected chi connectivity index (χ1v) is 8.87. The van der Waals surface area contributed by atoms with Gasteiger partial charge in [-0.2, -0.15) is 0 Å². The summed E-state index contributed by atoms with van der Waals surface area (Å²) in [7, 11) is 0. The Hall–Kier alpha value is -2.91. The first-order chi connectivity index (χ1) is 13.3. The molecule has 0 saturated heterocycles. The number of carbonyl (C=O) groups is 5. The van der Waals surface area contributed by atoms with Crippen LogP contribution in [0.5, 0.6) is 0 Å². The number of esters is 5. The lowest BCUT2D eigenvalue weighted by molar-refractivity contribution is -0.189. The average Bonchev–Trinajstić information content (AvgIpc) is 2.54. The number of rotatable bonds is 11. The Balaban J connectivity index is 5.81. The van der Waals surface area contributed by atoms with Crippen molar-refractivity contribution in [3.8, 4) is 0 Å². The monoisotopic (exact) mass is 416 g/mol. The summed E-state index contributed by atoms with van der Waals surface area (Å²) in [5.41, 5.74) is -0.0591. The van der Waals surface area contributed by atoms with Crippen LogP contribution in [0.4, 0.5) is 0 Å². The Bertz CT molecular complexity index is 637. The Labute approximate surface area is 169 Å². The molecule has 10 heteroatoms. The van der Waals surface area contributed by atoms with E-state index in [4.69, 9.17) is 23.7 Å². The molecule has 0 aromatic heterocycles. The fourth-order valence-electron chi connectivity index (χ4n) is 2.25. The van der Waals surface area contributed by atoms with Crippen LogP contribution in [0.15, 0.2) is 12.2 Å². The van der Waals surface area contributed by atoms with E-state index >= 15 is 0 Å². The van der Waals surface area contributed by atoms with Gasteiger partial charge >= 0.3 is 29.8 Å². The molecule has 10 nitrogen and oxygen atoms in total. The highest BCUT2D eigenvalue weighted by Gasteiger charge is 2.39. The molecular weight excluding hydrogens is 388 g/mol. The van der Waals surface area contributed by atoms with Crippen LogP contribution in [0.1, 0.15) is 48.0 Å². The summed E-state index contributed by atoms with van der Waals surface area (Å²) in [4.78, 5) is 57.9. The van der Waals surface area contributed by atoms with E-state index in [0.717, 1.165) is 27.7 Å². The van der Waals surface area contributed by atoms with Crippen molar-refractivity contribution in [2.24, 2.45) is 0 Å². The van der Waals surface area contributed by atoms with Crippen LogP contribution in [-0.2, 0) is 47.7 Å². The van der Waals surface area contributed by atoms with Crippen molar-refractivity contribution in [3.63, 3.8) is 0 Å². The summed E-state index contributed by atoms with van der Waals surface area (Å²) in [5.74, 6) is -3.67. The molecule has 0 saturated carbocycles. The lowest BCUT2D eigenvalue weighted by Gasteiger charge is -2.31. The first-order valence-electron chi connectivity index (χ1n) is 8.87. The van der Waals surface area contributed by atoms with Gasteiger partial charge in [-0.05, 0) is 13.8 Å². The van der Waals surface area contributed by atoms with E-state index in [2.05, 4.69) is 6.58 Å². The van der Waals surface area contributed by atoms with Crippen LogP contribution in [0.25, 0.3) is 0 Å². The van der Waals surface area contributed by atoms with Gasteiger partial charge in [0, 0.05) is 39.7 Å². The van der Waals surface area contributed by atoms with E-state index in [1.54, 1.807) is 13.8 Å². The normalized spacial score (nSPS) is 13.5. The second-order valence-electron chi connectivity index (χ2n) is 6.43. The average molecular weight is 416 g/mol. The Kier molecular flexibility index (Phi) is 11.3. The molecule has 0 radical (unpaired) electrons. The molecule has 0 aromatic rings. The van der Waals surface area contributed by atoms with E-state index in [-0.39, 0.29) is 12.0 Å². The maximum Gasteiger partial charge on any atom is 0.333 e. The van der Waals surface area contributed by atoms with Crippen molar-refractivity contribution >= 4 is 29.8 Å². The molecule has 0 rings (SSSR count). The molecule has 0 aliphatic rings. The van der Waals surface area contributed by atoms with Gasteiger partial charge in [-0.25, -0.2) is 4.79 Å². The molecule has 29 heavy (non-hydrogen) atoms. The molecule has 0 bridgehead atoms. The molecule has 0 aliphatic carbocycles. The summed E-state index contributed by atoms with van der Waals surface area (Å²) in [6, 6.07) is 0. The highest BCUT2D eigenvalue weighted by molar-refractivity contribution is 5.88. The molecule has 0 aromatic carbocycles.